The van der Waals surface area contributed by atoms with E-state index in [1.165, 1.54) is 18.7 Å². The van der Waals surface area contributed by atoms with E-state index in [1.807, 2.05) is 30.3 Å². The van der Waals surface area contributed by atoms with Crippen LogP contribution < -0.4 is 0 Å². The van der Waals surface area contributed by atoms with Crippen molar-refractivity contribution in [2.45, 2.75) is 17.9 Å². The Morgan fingerprint density at radius 3 is 2.47 bits per heavy atom. The number of aliphatic carboxylic acids is 1. The van der Waals surface area contributed by atoms with Crippen LogP contribution in [0.3, 0.4) is 0 Å². The molecule has 0 bridgehead atoms. The van der Waals surface area contributed by atoms with Crippen LogP contribution in [-0.4, -0.2) is 28.0 Å². The average Bonchev–Trinajstić information content (AvgIpc) is 2.18. The monoisotopic (exact) mass is 226 g/mol. The number of carbonyl (C=O) groups is 1. The Morgan fingerprint density at radius 2 is 2.00 bits per heavy atom. The number of benzene rings is 1. The summed E-state index contributed by atoms with van der Waals surface area (Å²) in [4.78, 5) is 11.8. The highest BCUT2D eigenvalue weighted by atomic mass is 32.2. The van der Waals surface area contributed by atoms with Crippen molar-refractivity contribution in [1.29, 1.82) is 0 Å². The van der Waals surface area contributed by atoms with Gasteiger partial charge in [0.15, 0.2) is 0 Å². The van der Waals surface area contributed by atoms with Crippen LogP contribution in [0.4, 0.5) is 0 Å². The van der Waals surface area contributed by atoms with Gasteiger partial charge in [0.05, 0.1) is 12.0 Å². The van der Waals surface area contributed by atoms with Crippen molar-refractivity contribution < 1.29 is 15.0 Å². The summed E-state index contributed by atoms with van der Waals surface area (Å²) >= 11 is 1.44. The number of rotatable bonds is 5. The second kappa shape index (κ2) is 5.78. The molecule has 0 aromatic heterocycles. The summed E-state index contributed by atoms with van der Waals surface area (Å²) in [5.74, 6) is -1.28. The first-order chi connectivity index (χ1) is 7.11. The standard InChI is InChI=1S/C11H14O3S/c1-8(12)10(11(13)14)7-15-9-5-3-2-4-6-9/h2-6,8,10,12H,7H2,1H3,(H,13,14)/t8-,10-/m1/s1. The number of thioether (sulfide) groups is 1. The Kier molecular flexibility index (Phi) is 4.65. The van der Waals surface area contributed by atoms with E-state index in [9.17, 15) is 9.90 Å². The Morgan fingerprint density at radius 1 is 1.40 bits per heavy atom. The van der Waals surface area contributed by atoms with Crippen LogP contribution in [-0.2, 0) is 4.79 Å². The molecule has 0 radical (unpaired) electrons. The molecule has 15 heavy (non-hydrogen) atoms. The predicted octanol–water partition coefficient (Wildman–Crippen LogP) is 1.86. The second-order valence-corrected chi connectivity index (χ2v) is 4.40. The summed E-state index contributed by atoms with van der Waals surface area (Å²) in [6.45, 7) is 1.50. The fourth-order valence-corrected chi connectivity index (χ4v) is 2.26. The Bertz CT molecular complexity index is 311. The van der Waals surface area contributed by atoms with Crippen molar-refractivity contribution in [3.63, 3.8) is 0 Å². The molecule has 2 N–H and O–H groups in total. The van der Waals surface area contributed by atoms with Gasteiger partial charge in [-0.25, -0.2) is 0 Å². The first-order valence-electron chi connectivity index (χ1n) is 4.70. The molecule has 0 fully saturated rings. The minimum absolute atomic E-state index is 0.386. The Labute approximate surface area is 93.1 Å². The Hall–Kier alpha value is -1.00. The van der Waals surface area contributed by atoms with Crippen LogP contribution >= 0.6 is 11.8 Å². The molecule has 0 aliphatic carbocycles. The molecule has 0 saturated heterocycles. The molecule has 0 amide bonds. The Balaban J connectivity index is 2.51. The van der Waals surface area contributed by atoms with E-state index >= 15 is 0 Å². The first-order valence-corrected chi connectivity index (χ1v) is 5.68. The average molecular weight is 226 g/mol. The molecule has 0 spiro atoms. The van der Waals surface area contributed by atoms with E-state index in [-0.39, 0.29) is 0 Å². The maximum atomic E-state index is 10.8. The van der Waals surface area contributed by atoms with Crippen molar-refractivity contribution in [3.05, 3.63) is 30.3 Å². The van der Waals surface area contributed by atoms with Crippen LogP contribution in [0.15, 0.2) is 35.2 Å². The summed E-state index contributed by atoms with van der Waals surface area (Å²) in [6, 6.07) is 9.56. The largest absolute Gasteiger partial charge is 0.481 e. The van der Waals surface area contributed by atoms with Gasteiger partial charge in [0.1, 0.15) is 0 Å². The van der Waals surface area contributed by atoms with Crippen LogP contribution in [0.2, 0.25) is 0 Å². The highest BCUT2D eigenvalue weighted by molar-refractivity contribution is 7.99. The van der Waals surface area contributed by atoms with Crippen LogP contribution in [0.5, 0.6) is 0 Å². The molecular weight excluding hydrogens is 212 g/mol. The van der Waals surface area contributed by atoms with Crippen molar-refractivity contribution in [3.8, 4) is 0 Å². The number of carboxylic acids is 1. The molecule has 4 heteroatoms. The molecule has 2 atom stereocenters. The maximum absolute atomic E-state index is 10.8. The number of hydrogen-bond donors (Lipinski definition) is 2. The lowest BCUT2D eigenvalue weighted by Crippen LogP contribution is -2.27. The highest BCUT2D eigenvalue weighted by Crippen LogP contribution is 2.21. The van der Waals surface area contributed by atoms with Gasteiger partial charge in [-0.2, -0.15) is 0 Å². The van der Waals surface area contributed by atoms with Crippen LogP contribution in [0.25, 0.3) is 0 Å². The third kappa shape index (κ3) is 3.93. The molecule has 0 heterocycles. The van der Waals surface area contributed by atoms with Gasteiger partial charge in [-0.15, -0.1) is 11.8 Å². The number of aliphatic hydroxyl groups excluding tert-OH is 1. The minimum atomic E-state index is -0.951. The summed E-state index contributed by atoms with van der Waals surface area (Å²) in [6.07, 6.45) is -0.821. The zero-order valence-corrected chi connectivity index (χ0v) is 9.28. The summed E-state index contributed by atoms with van der Waals surface area (Å²) < 4.78 is 0. The molecular formula is C11H14O3S. The molecule has 1 aromatic carbocycles. The molecule has 0 aliphatic heterocycles. The van der Waals surface area contributed by atoms with Crippen molar-refractivity contribution in [1.82, 2.24) is 0 Å². The normalized spacial score (nSPS) is 14.5. The van der Waals surface area contributed by atoms with Gasteiger partial charge < -0.3 is 10.2 Å². The van der Waals surface area contributed by atoms with E-state index in [0.29, 0.717) is 5.75 Å². The van der Waals surface area contributed by atoms with Gasteiger partial charge in [-0.3, -0.25) is 4.79 Å². The molecule has 0 saturated carbocycles. The first kappa shape index (κ1) is 12.1. The third-order valence-corrected chi connectivity index (χ3v) is 3.20. The summed E-state index contributed by atoms with van der Waals surface area (Å²) in [7, 11) is 0. The van der Waals surface area contributed by atoms with Gasteiger partial charge >= 0.3 is 5.97 Å². The van der Waals surface area contributed by atoms with Crippen LogP contribution in [0.1, 0.15) is 6.92 Å². The SMILES string of the molecule is C[C@@H](O)[C@@H](CSc1ccccc1)C(=O)O. The van der Waals surface area contributed by atoms with Crippen LogP contribution in [0, 0.1) is 5.92 Å². The van der Waals surface area contributed by atoms with Gasteiger partial charge in [0.2, 0.25) is 0 Å². The van der Waals surface area contributed by atoms with Gasteiger partial charge in [-0.1, -0.05) is 18.2 Å². The third-order valence-electron chi connectivity index (χ3n) is 2.07. The molecule has 1 aromatic rings. The summed E-state index contributed by atoms with van der Waals surface area (Å²) in [5, 5.41) is 18.1. The van der Waals surface area contributed by atoms with Gasteiger partial charge in [-0.05, 0) is 19.1 Å². The predicted molar refractivity (Wildman–Crippen MR) is 60.0 cm³/mol. The fourth-order valence-electron chi connectivity index (χ4n) is 1.12. The second-order valence-electron chi connectivity index (χ2n) is 3.31. The zero-order chi connectivity index (χ0) is 11.3. The van der Waals surface area contributed by atoms with Crippen molar-refractivity contribution in [2.75, 3.05) is 5.75 Å². The molecule has 1 rings (SSSR count). The molecule has 3 nitrogen and oxygen atoms in total. The quantitative estimate of drug-likeness (QED) is 0.752. The number of aliphatic hydroxyl groups is 1. The molecule has 0 aliphatic rings. The molecule has 0 unspecified atom stereocenters. The fraction of sp³-hybridized carbons (Fsp3) is 0.364. The van der Waals surface area contributed by atoms with Gasteiger partial charge in [0.25, 0.3) is 0 Å². The minimum Gasteiger partial charge on any atom is -0.481 e. The maximum Gasteiger partial charge on any atom is 0.309 e. The van der Waals surface area contributed by atoms with E-state index in [2.05, 4.69) is 0 Å². The van der Waals surface area contributed by atoms with Gasteiger partial charge in [0, 0.05) is 10.6 Å². The van der Waals surface area contributed by atoms with E-state index < -0.39 is 18.0 Å². The van der Waals surface area contributed by atoms with Crippen molar-refractivity contribution in [2.24, 2.45) is 5.92 Å². The lowest BCUT2D eigenvalue weighted by molar-refractivity contribution is -0.144. The highest BCUT2D eigenvalue weighted by Gasteiger charge is 2.22. The topological polar surface area (TPSA) is 57.5 Å². The number of hydrogen-bond acceptors (Lipinski definition) is 3. The van der Waals surface area contributed by atoms with E-state index in [4.69, 9.17) is 5.11 Å². The lowest BCUT2D eigenvalue weighted by atomic mass is 10.1. The van der Waals surface area contributed by atoms with E-state index in [1.54, 1.807) is 0 Å². The molecule has 82 valence electrons. The summed E-state index contributed by atoms with van der Waals surface area (Å²) in [5.41, 5.74) is 0. The zero-order valence-electron chi connectivity index (χ0n) is 8.46. The van der Waals surface area contributed by atoms with E-state index in [0.717, 1.165) is 4.90 Å². The number of carboxylic acid groups (broad SMARTS) is 1. The van der Waals surface area contributed by atoms with Crippen molar-refractivity contribution >= 4 is 17.7 Å². The smallest absolute Gasteiger partial charge is 0.309 e. The lowest BCUT2D eigenvalue weighted by Gasteiger charge is -2.14.